The Morgan fingerprint density at radius 1 is 1.50 bits per heavy atom. The van der Waals surface area contributed by atoms with Gasteiger partial charge in [-0.15, -0.1) is 0 Å². The molecular formula is C10H16O4. The molecule has 0 amide bonds. The number of fused-ring (bicyclic) bond motifs is 2. The summed E-state index contributed by atoms with van der Waals surface area (Å²) in [5.41, 5.74) is -0.573. The molecule has 2 fully saturated rings. The van der Waals surface area contributed by atoms with E-state index in [4.69, 9.17) is 5.11 Å². The Hall–Kier alpha value is -0.610. The van der Waals surface area contributed by atoms with E-state index in [0.29, 0.717) is 19.3 Å². The molecule has 0 aromatic heterocycles. The Balaban J connectivity index is 2.33. The summed E-state index contributed by atoms with van der Waals surface area (Å²) in [4.78, 5) is 11.0. The lowest BCUT2D eigenvalue weighted by Crippen LogP contribution is -2.47. The summed E-state index contributed by atoms with van der Waals surface area (Å²) in [6.45, 7) is 1.89. The minimum atomic E-state index is -0.854. The van der Waals surface area contributed by atoms with Crippen molar-refractivity contribution in [3.05, 3.63) is 0 Å². The van der Waals surface area contributed by atoms with E-state index in [2.05, 4.69) is 0 Å². The van der Waals surface area contributed by atoms with E-state index < -0.39 is 29.5 Å². The summed E-state index contributed by atoms with van der Waals surface area (Å²) in [5, 5.41) is 28.5. The number of aliphatic carboxylic acids is 1. The van der Waals surface area contributed by atoms with E-state index in [-0.39, 0.29) is 5.92 Å². The maximum Gasteiger partial charge on any atom is 0.307 e. The molecule has 2 saturated carbocycles. The highest BCUT2D eigenvalue weighted by Crippen LogP contribution is 2.59. The van der Waals surface area contributed by atoms with Crippen LogP contribution in [0.5, 0.6) is 0 Å². The topological polar surface area (TPSA) is 77.8 Å². The molecule has 2 aliphatic carbocycles. The highest BCUT2D eigenvalue weighted by Gasteiger charge is 2.63. The van der Waals surface area contributed by atoms with Crippen LogP contribution in [0.1, 0.15) is 26.2 Å². The maximum atomic E-state index is 11.0. The smallest absolute Gasteiger partial charge is 0.307 e. The molecule has 0 aromatic carbocycles. The van der Waals surface area contributed by atoms with E-state index in [0.717, 1.165) is 0 Å². The number of carboxylic acid groups (broad SMARTS) is 1. The fraction of sp³-hybridized carbons (Fsp3) is 0.900. The molecule has 2 aliphatic rings. The van der Waals surface area contributed by atoms with Crippen molar-refractivity contribution in [1.82, 2.24) is 0 Å². The second-order valence-corrected chi connectivity index (χ2v) is 4.61. The van der Waals surface area contributed by atoms with Crippen LogP contribution in [0.3, 0.4) is 0 Å². The third-order valence-electron chi connectivity index (χ3n) is 4.23. The van der Waals surface area contributed by atoms with Gasteiger partial charge in [-0.25, -0.2) is 0 Å². The van der Waals surface area contributed by atoms with Gasteiger partial charge in [0.25, 0.3) is 0 Å². The predicted molar refractivity (Wildman–Crippen MR) is 48.6 cm³/mol. The van der Waals surface area contributed by atoms with Crippen molar-refractivity contribution in [3.8, 4) is 0 Å². The van der Waals surface area contributed by atoms with Crippen LogP contribution in [-0.2, 0) is 4.79 Å². The van der Waals surface area contributed by atoms with Crippen molar-refractivity contribution in [1.29, 1.82) is 0 Å². The van der Waals surface area contributed by atoms with Crippen LogP contribution in [0.15, 0.2) is 0 Å². The van der Waals surface area contributed by atoms with Crippen molar-refractivity contribution in [2.24, 2.45) is 17.3 Å². The van der Waals surface area contributed by atoms with E-state index >= 15 is 0 Å². The predicted octanol–water partition coefficient (Wildman–Crippen LogP) is 0.229. The molecule has 5 atom stereocenters. The molecule has 0 heterocycles. The van der Waals surface area contributed by atoms with Crippen molar-refractivity contribution in [2.45, 2.75) is 38.4 Å². The second-order valence-electron chi connectivity index (χ2n) is 4.61. The minimum Gasteiger partial charge on any atom is -0.481 e. The highest BCUT2D eigenvalue weighted by molar-refractivity contribution is 5.72. The molecule has 14 heavy (non-hydrogen) atoms. The van der Waals surface area contributed by atoms with Gasteiger partial charge in [0.2, 0.25) is 0 Å². The first-order chi connectivity index (χ1) is 6.53. The average molecular weight is 200 g/mol. The van der Waals surface area contributed by atoms with E-state index in [1.54, 1.807) is 0 Å². The first-order valence-corrected chi connectivity index (χ1v) is 5.12. The lowest BCUT2D eigenvalue weighted by Gasteiger charge is -2.37. The fourth-order valence-corrected chi connectivity index (χ4v) is 3.38. The monoisotopic (exact) mass is 200 g/mol. The highest BCUT2D eigenvalue weighted by atomic mass is 16.4. The molecule has 2 bridgehead atoms. The molecule has 0 aliphatic heterocycles. The Kier molecular flexibility index (Phi) is 2.08. The summed E-state index contributed by atoms with van der Waals surface area (Å²) in [7, 11) is 0. The van der Waals surface area contributed by atoms with Crippen LogP contribution in [0.2, 0.25) is 0 Å². The summed E-state index contributed by atoms with van der Waals surface area (Å²) in [5.74, 6) is -1.33. The number of aliphatic hydroxyl groups is 2. The Morgan fingerprint density at radius 2 is 2.14 bits per heavy atom. The number of carboxylic acids is 1. The molecule has 4 heteroatoms. The van der Waals surface area contributed by atoms with Gasteiger partial charge in [0, 0.05) is 5.41 Å². The number of hydrogen-bond acceptors (Lipinski definition) is 3. The van der Waals surface area contributed by atoms with Crippen molar-refractivity contribution in [3.63, 3.8) is 0 Å². The third kappa shape index (κ3) is 0.982. The molecular weight excluding hydrogens is 184 g/mol. The zero-order chi connectivity index (χ0) is 10.5. The summed E-state index contributed by atoms with van der Waals surface area (Å²) >= 11 is 0. The number of carbonyl (C=O) groups is 1. The van der Waals surface area contributed by atoms with Gasteiger partial charge in [-0.05, 0) is 25.2 Å². The van der Waals surface area contributed by atoms with Gasteiger partial charge in [0.15, 0.2) is 0 Å². The van der Waals surface area contributed by atoms with Crippen molar-refractivity contribution in [2.75, 3.05) is 0 Å². The van der Waals surface area contributed by atoms with Crippen LogP contribution in [0.25, 0.3) is 0 Å². The Morgan fingerprint density at radius 3 is 2.57 bits per heavy atom. The van der Waals surface area contributed by atoms with E-state index in [9.17, 15) is 15.0 Å². The van der Waals surface area contributed by atoms with Crippen LogP contribution >= 0.6 is 0 Å². The molecule has 0 radical (unpaired) electrons. The first kappa shape index (κ1) is 9.93. The van der Waals surface area contributed by atoms with Crippen LogP contribution in [0, 0.1) is 17.3 Å². The van der Waals surface area contributed by atoms with Crippen LogP contribution in [-0.4, -0.2) is 33.5 Å². The second kappa shape index (κ2) is 2.94. The molecule has 3 N–H and O–H groups in total. The molecule has 5 unspecified atom stereocenters. The number of rotatable bonds is 2. The van der Waals surface area contributed by atoms with Gasteiger partial charge in [-0.1, -0.05) is 6.92 Å². The normalized spacial score (nSPS) is 51.1. The maximum absolute atomic E-state index is 11.0. The largest absolute Gasteiger partial charge is 0.481 e. The lowest BCUT2D eigenvalue weighted by atomic mass is 9.70. The summed E-state index contributed by atoms with van der Waals surface area (Å²) in [6, 6.07) is 0. The van der Waals surface area contributed by atoms with Gasteiger partial charge >= 0.3 is 5.97 Å². The molecule has 0 aromatic rings. The quantitative estimate of drug-likeness (QED) is 0.596. The van der Waals surface area contributed by atoms with Gasteiger partial charge in [-0.2, -0.15) is 0 Å². The van der Waals surface area contributed by atoms with Gasteiger partial charge in [0.05, 0.1) is 18.1 Å². The molecule has 0 saturated heterocycles. The van der Waals surface area contributed by atoms with Crippen molar-refractivity contribution < 1.29 is 20.1 Å². The van der Waals surface area contributed by atoms with E-state index in [1.165, 1.54) is 0 Å². The summed E-state index contributed by atoms with van der Waals surface area (Å²) in [6.07, 6.45) is 0.223. The average Bonchev–Trinajstić information content (AvgIpc) is 2.64. The third-order valence-corrected chi connectivity index (χ3v) is 4.23. The SMILES string of the molecule is CCC12CC(CC1C(=O)O)C(O)C2O. The first-order valence-electron chi connectivity index (χ1n) is 5.12. The zero-order valence-corrected chi connectivity index (χ0v) is 8.18. The van der Waals surface area contributed by atoms with Crippen LogP contribution in [0.4, 0.5) is 0 Å². The molecule has 4 nitrogen and oxygen atoms in total. The Bertz CT molecular complexity index is 265. The van der Waals surface area contributed by atoms with Gasteiger partial charge < -0.3 is 15.3 Å². The molecule has 0 spiro atoms. The van der Waals surface area contributed by atoms with Gasteiger partial charge in [-0.3, -0.25) is 4.79 Å². The molecule has 80 valence electrons. The summed E-state index contributed by atoms with van der Waals surface area (Å²) < 4.78 is 0. The lowest BCUT2D eigenvalue weighted by molar-refractivity contribution is -0.155. The van der Waals surface area contributed by atoms with Crippen molar-refractivity contribution >= 4 is 5.97 Å². The van der Waals surface area contributed by atoms with Gasteiger partial charge in [0.1, 0.15) is 0 Å². The minimum absolute atomic E-state index is 0.0222. The fourth-order valence-electron chi connectivity index (χ4n) is 3.38. The zero-order valence-electron chi connectivity index (χ0n) is 8.18. The Labute approximate surface area is 82.6 Å². The van der Waals surface area contributed by atoms with Crippen LogP contribution < -0.4 is 0 Å². The standard InChI is InChI=1S/C10H16O4/c1-2-10-4-5(7(11)8(10)12)3-6(10)9(13)14/h5-8,11-12H,2-4H2,1H3,(H,13,14). The number of hydrogen-bond donors (Lipinski definition) is 3. The number of aliphatic hydroxyl groups excluding tert-OH is 2. The molecule has 2 rings (SSSR count). The van der Waals surface area contributed by atoms with E-state index in [1.807, 2.05) is 6.92 Å².